The molecule has 0 aromatic heterocycles. The van der Waals surface area contributed by atoms with E-state index in [1.54, 1.807) is 0 Å². The van der Waals surface area contributed by atoms with Gasteiger partial charge in [-0.25, -0.2) is 0 Å². The molecule has 4 atom stereocenters. The number of aliphatic carboxylic acids is 1. The Kier molecular flexibility index (Phi) is 5.06. The van der Waals surface area contributed by atoms with E-state index < -0.39 is 11.9 Å². The molecule has 1 amide bonds. The lowest BCUT2D eigenvalue weighted by atomic mass is 9.93. The third-order valence-corrected chi connectivity index (χ3v) is 5.06. The Hall–Kier alpha value is -1.06. The molecule has 1 saturated carbocycles. The highest BCUT2D eigenvalue weighted by Gasteiger charge is 2.43. The van der Waals surface area contributed by atoms with Crippen molar-refractivity contribution in [2.45, 2.75) is 64.8 Å². The molecular weight excluding hydrogens is 254 g/mol. The first-order chi connectivity index (χ1) is 9.54. The summed E-state index contributed by atoms with van der Waals surface area (Å²) in [6.45, 7) is 5.00. The number of hydrogen-bond acceptors (Lipinski definition) is 2. The summed E-state index contributed by atoms with van der Waals surface area (Å²) >= 11 is 0. The van der Waals surface area contributed by atoms with Crippen molar-refractivity contribution in [3.8, 4) is 0 Å². The molecule has 2 rings (SSSR count). The molecular formula is C16H27NO3. The van der Waals surface area contributed by atoms with Gasteiger partial charge in [0.25, 0.3) is 0 Å². The summed E-state index contributed by atoms with van der Waals surface area (Å²) in [5.41, 5.74) is 0. The normalized spacial score (nSPS) is 34.8. The standard InChI is InChI=1S/C16H27NO3/c1-3-12-7-5-4-6-8-17(12)15(18)13-9-11(2)10-14(13)16(19)20/h11-14H,3-10H2,1-2H3,(H,19,20). The van der Waals surface area contributed by atoms with E-state index in [0.29, 0.717) is 18.4 Å². The first-order valence-electron chi connectivity index (χ1n) is 8.07. The minimum atomic E-state index is -0.796. The summed E-state index contributed by atoms with van der Waals surface area (Å²) in [6.07, 6.45) is 6.87. The zero-order chi connectivity index (χ0) is 14.7. The Balaban J connectivity index is 2.13. The Morgan fingerprint density at radius 1 is 1.15 bits per heavy atom. The molecule has 0 aromatic carbocycles. The zero-order valence-corrected chi connectivity index (χ0v) is 12.7. The van der Waals surface area contributed by atoms with Crippen LogP contribution in [-0.2, 0) is 9.59 Å². The molecule has 0 aromatic rings. The summed E-state index contributed by atoms with van der Waals surface area (Å²) in [4.78, 5) is 26.2. The Bertz CT molecular complexity index is 369. The van der Waals surface area contributed by atoms with E-state index in [2.05, 4.69) is 13.8 Å². The maximum Gasteiger partial charge on any atom is 0.307 e. The van der Waals surface area contributed by atoms with Crippen molar-refractivity contribution in [2.75, 3.05) is 6.54 Å². The van der Waals surface area contributed by atoms with Crippen molar-refractivity contribution in [2.24, 2.45) is 17.8 Å². The SMILES string of the molecule is CCC1CCCCCN1C(=O)C1CC(C)CC1C(=O)O. The summed E-state index contributed by atoms with van der Waals surface area (Å²) in [5, 5.41) is 9.36. The minimum Gasteiger partial charge on any atom is -0.481 e. The van der Waals surface area contributed by atoms with Crippen LogP contribution in [0.4, 0.5) is 0 Å². The van der Waals surface area contributed by atoms with Crippen molar-refractivity contribution in [1.82, 2.24) is 4.90 Å². The van der Waals surface area contributed by atoms with Crippen LogP contribution in [0.2, 0.25) is 0 Å². The average molecular weight is 281 g/mol. The number of carbonyl (C=O) groups excluding carboxylic acids is 1. The number of rotatable bonds is 3. The van der Waals surface area contributed by atoms with Gasteiger partial charge in [-0.1, -0.05) is 26.7 Å². The highest BCUT2D eigenvalue weighted by molar-refractivity contribution is 5.85. The van der Waals surface area contributed by atoms with E-state index in [1.807, 2.05) is 4.90 Å². The maximum absolute atomic E-state index is 12.8. The second kappa shape index (κ2) is 6.59. The van der Waals surface area contributed by atoms with Crippen LogP contribution in [0.5, 0.6) is 0 Å². The number of carboxylic acid groups (broad SMARTS) is 1. The molecule has 1 heterocycles. The molecule has 1 aliphatic heterocycles. The molecule has 1 saturated heterocycles. The lowest BCUT2D eigenvalue weighted by Gasteiger charge is -2.32. The number of carbonyl (C=O) groups is 2. The van der Waals surface area contributed by atoms with Gasteiger partial charge >= 0.3 is 5.97 Å². The van der Waals surface area contributed by atoms with Crippen LogP contribution < -0.4 is 0 Å². The van der Waals surface area contributed by atoms with Gasteiger partial charge in [0.2, 0.25) is 5.91 Å². The van der Waals surface area contributed by atoms with Gasteiger partial charge < -0.3 is 10.0 Å². The van der Waals surface area contributed by atoms with Crippen LogP contribution in [0.1, 0.15) is 58.8 Å². The van der Waals surface area contributed by atoms with Crippen LogP contribution in [0, 0.1) is 17.8 Å². The summed E-state index contributed by atoms with van der Waals surface area (Å²) in [6, 6.07) is 0.315. The highest BCUT2D eigenvalue weighted by Crippen LogP contribution is 2.38. The lowest BCUT2D eigenvalue weighted by molar-refractivity contribution is -0.150. The Morgan fingerprint density at radius 2 is 1.85 bits per heavy atom. The molecule has 0 radical (unpaired) electrons. The fraction of sp³-hybridized carbons (Fsp3) is 0.875. The van der Waals surface area contributed by atoms with E-state index in [4.69, 9.17) is 0 Å². The predicted octanol–water partition coefficient (Wildman–Crippen LogP) is 2.91. The molecule has 1 aliphatic carbocycles. The summed E-state index contributed by atoms with van der Waals surface area (Å²) < 4.78 is 0. The molecule has 0 bridgehead atoms. The number of amides is 1. The van der Waals surface area contributed by atoms with E-state index in [1.165, 1.54) is 12.8 Å². The first kappa shape index (κ1) is 15.3. The summed E-state index contributed by atoms with van der Waals surface area (Å²) in [7, 11) is 0. The topological polar surface area (TPSA) is 57.6 Å². The van der Waals surface area contributed by atoms with E-state index in [-0.39, 0.29) is 11.8 Å². The molecule has 2 fully saturated rings. The van der Waals surface area contributed by atoms with Gasteiger partial charge in [-0.3, -0.25) is 9.59 Å². The molecule has 4 nitrogen and oxygen atoms in total. The third-order valence-electron chi connectivity index (χ3n) is 5.06. The van der Waals surface area contributed by atoms with Crippen molar-refractivity contribution in [3.05, 3.63) is 0 Å². The second-order valence-electron chi connectivity index (χ2n) is 6.57. The highest BCUT2D eigenvalue weighted by atomic mass is 16.4. The van der Waals surface area contributed by atoms with Gasteiger partial charge in [0, 0.05) is 12.6 Å². The van der Waals surface area contributed by atoms with E-state index in [0.717, 1.165) is 32.2 Å². The van der Waals surface area contributed by atoms with E-state index >= 15 is 0 Å². The van der Waals surface area contributed by atoms with E-state index in [9.17, 15) is 14.7 Å². The molecule has 2 aliphatic rings. The van der Waals surface area contributed by atoms with Crippen molar-refractivity contribution in [3.63, 3.8) is 0 Å². The van der Waals surface area contributed by atoms with Crippen LogP contribution >= 0.6 is 0 Å². The maximum atomic E-state index is 12.8. The molecule has 114 valence electrons. The zero-order valence-electron chi connectivity index (χ0n) is 12.7. The molecule has 4 heteroatoms. The van der Waals surface area contributed by atoms with Crippen LogP contribution in [0.25, 0.3) is 0 Å². The molecule has 4 unspecified atom stereocenters. The fourth-order valence-electron chi connectivity index (χ4n) is 3.94. The van der Waals surface area contributed by atoms with Gasteiger partial charge in [0.1, 0.15) is 0 Å². The van der Waals surface area contributed by atoms with Crippen molar-refractivity contribution >= 4 is 11.9 Å². The van der Waals surface area contributed by atoms with Crippen LogP contribution in [0.15, 0.2) is 0 Å². The smallest absolute Gasteiger partial charge is 0.307 e. The van der Waals surface area contributed by atoms with Gasteiger partial charge in [0.05, 0.1) is 11.8 Å². The van der Waals surface area contributed by atoms with Crippen molar-refractivity contribution in [1.29, 1.82) is 0 Å². The number of carboxylic acids is 1. The molecule has 0 spiro atoms. The third kappa shape index (κ3) is 3.15. The van der Waals surface area contributed by atoms with Gasteiger partial charge in [0.15, 0.2) is 0 Å². The van der Waals surface area contributed by atoms with Crippen molar-refractivity contribution < 1.29 is 14.7 Å². The van der Waals surface area contributed by atoms with Crippen LogP contribution in [-0.4, -0.2) is 34.5 Å². The molecule has 20 heavy (non-hydrogen) atoms. The number of nitrogens with zero attached hydrogens (tertiary/aromatic N) is 1. The van der Waals surface area contributed by atoms with Crippen LogP contribution in [0.3, 0.4) is 0 Å². The predicted molar refractivity (Wildman–Crippen MR) is 77.3 cm³/mol. The average Bonchev–Trinajstić information content (AvgIpc) is 2.67. The Labute approximate surface area is 121 Å². The monoisotopic (exact) mass is 281 g/mol. The van der Waals surface area contributed by atoms with Gasteiger partial charge in [-0.15, -0.1) is 0 Å². The largest absolute Gasteiger partial charge is 0.481 e. The number of likely N-dealkylation sites (tertiary alicyclic amines) is 1. The van der Waals surface area contributed by atoms with Gasteiger partial charge in [-0.2, -0.15) is 0 Å². The van der Waals surface area contributed by atoms with Gasteiger partial charge in [-0.05, 0) is 38.0 Å². The number of hydrogen-bond donors (Lipinski definition) is 1. The second-order valence-corrected chi connectivity index (χ2v) is 6.57. The lowest BCUT2D eigenvalue weighted by Crippen LogP contribution is -2.44. The molecule has 1 N–H and O–H groups in total. The minimum absolute atomic E-state index is 0.107. The fourth-order valence-corrected chi connectivity index (χ4v) is 3.94. The first-order valence-corrected chi connectivity index (χ1v) is 8.07. The summed E-state index contributed by atoms with van der Waals surface area (Å²) in [5.74, 6) is -1.11. The quantitative estimate of drug-likeness (QED) is 0.865. The Morgan fingerprint density at radius 3 is 2.50 bits per heavy atom.